The number of nitrogens with zero attached hydrogens (tertiary/aromatic N) is 1. The fourth-order valence-corrected chi connectivity index (χ4v) is 1.31. The van der Waals surface area contributed by atoms with Gasteiger partial charge < -0.3 is 10.2 Å². The zero-order chi connectivity index (χ0) is 12.1. The molecule has 0 atom stereocenters. The number of hydrogen-bond acceptors (Lipinski definition) is 3. The maximum atomic E-state index is 10.9. The van der Waals surface area contributed by atoms with E-state index in [0.29, 0.717) is 5.56 Å². The van der Waals surface area contributed by atoms with E-state index >= 15 is 0 Å². The first kappa shape index (κ1) is 12.2. The molecule has 0 aromatic heterocycles. The molecule has 0 radical (unpaired) electrons. The van der Waals surface area contributed by atoms with Crippen molar-refractivity contribution in [3.05, 3.63) is 29.8 Å². The Balaban J connectivity index is 2.86. The number of rotatable bonds is 4. The van der Waals surface area contributed by atoms with E-state index < -0.39 is 5.97 Å². The summed E-state index contributed by atoms with van der Waals surface area (Å²) in [4.78, 5) is 14.9. The first-order chi connectivity index (χ1) is 7.52. The van der Waals surface area contributed by atoms with E-state index in [1.165, 1.54) is 0 Å². The van der Waals surface area contributed by atoms with E-state index in [4.69, 9.17) is 5.11 Å². The van der Waals surface area contributed by atoms with Gasteiger partial charge in [-0.05, 0) is 6.07 Å². The van der Waals surface area contributed by atoms with Gasteiger partial charge >= 0.3 is 5.97 Å². The van der Waals surface area contributed by atoms with Crippen LogP contribution in [0.1, 0.15) is 19.4 Å². The van der Waals surface area contributed by atoms with E-state index in [1.54, 1.807) is 38.1 Å². The van der Waals surface area contributed by atoms with Crippen molar-refractivity contribution >= 4 is 11.7 Å². The van der Waals surface area contributed by atoms with Crippen molar-refractivity contribution in [2.45, 2.75) is 20.4 Å². The second kappa shape index (κ2) is 5.30. The molecule has 0 amide bonds. The predicted octanol–water partition coefficient (Wildman–Crippen LogP) is 2.07. The Morgan fingerprint density at radius 3 is 2.50 bits per heavy atom. The summed E-state index contributed by atoms with van der Waals surface area (Å²) in [5.74, 6) is -1.01. The minimum Gasteiger partial charge on any atom is -0.508 e. The quantitative estimate of drug-likeness (QED) is 0.765. The van der Waals surface area contributed by atoms with Gasteiger partial charge in [0.15, 0.2) is 0 Å². The van der Waals surface area contributed by atoms with Gasteiger partial charge in [0.2, 0.25) is 0 Å². The molecule has 1 rings (SSSR count). The van der Waals surface area contributed by atoms with Gasteiger partial charge in [-0.1, -0.05) is 32.0 Å². The molecule has 4 nitrogen and oxygen atoms in total. The normalized spacial score (nSPS) is 11.8. The lowest BCUT2D eigenvalue weighted by Gasteiger charge is -2.06. The summed E-state index contributed by atoms with van der Waals surface area (Å²) in [5, 5.41) is 18.4. The summed E-state index contributed by atoms with van der Waals surface area (Å²) in [7, 11) is 0. The second-order valence-corrected chi connectivity index (χ2v) is 3.79. The lowest BCUT2D eigenvalue weighted by atomic mass is 10.1. The minimum atomic E-state index is -1.01. The maximum Gasteiger partial charge on any atom is 0.350 e. The Hall–Kier alpha value is -1.84. The third kappa shape index (κ3) is 3.08. The summed E-state index contributed by atoms with van der Waals surface area (Å²) in [6.45, 7) is 3.74. The number of hydrogen-bond donors (Lipinski definition) is 2. The van der Waals surface area contributed by atoms with Crippen molar-refractivity contribution in [3.8, 4) is 5.75 Å². The highest BCUT2D eigenvalue weighted by molar-refractivity contribution is 6.36. The van der Waals surface area contributed by atoms with Crippen molar-refractivity contribution in [2.75, 3.05) is 0 Å². The summed E-state index contributed by atoms with van der Waals surface area (Å²) < 4.78 is 0. The molecule has 0 bridgehead atoms. The molecule has 0 spiro atoms. The van der Waals surface area contributed by atoms with Crippen LogP contribution in [0.4, 0.5) is 0 Å². The Morgan fingerprint density at radius 1 is 1.38 bits per heavy atom. The molecule has 86 valence electrons. The highest BCUT2D eigenvalue weighted by atomic mass is 16.4. The molecule has 4 heteroatoms. The molecule has 1 aromatic rings. The Labute approximate surface area is 94.3 Å². The van der Waals surface area contributed by atoms with E-state index in [2.05, 4.69) is 4.99 Å². The summed E-state index contributed by atoms with van der Waals surface area (Å²) in [6.07, 6.45) is 0. The topological polar surface area (TPSA) is 69.9 Å². The SMILES string of the molecule is CC(C)C(=NCc1ccccc1O)C(=O)O. The van der Waals surface area contributed by atoms with Gasteiger partial charge in [-0.2, -0.15) is 0 Å². The maximum absolute atomic E-state index is 10.9. The number of carboxylic acids is 1. The molecule has 0 unspecified atom stereocenters. The Morgan fingerprint density at radius 2 is 2.00 bits per heavy atom. The van der Waals surface area contributed by atoms with E-state index in [1.807, 2.05) is 0 Å². The monoisotopic (exact) mass is 221 g/mol. The molecule has 0 fully saturated rings. The molecule has 0 heterocycles. The first-order valence-electron chi connectivity index (χ1n) is 5.07. The van der Waals surface area contributed by atoms with Crippen LogP contribution in [0, 0.1) is 5.92 Å². The molecule has 0 saturated carbocycles. The number of phenolic OH excluding ortho intramolecular Hbond substituents is 1. The van der Waals surface area contributed by atoms with Crippen molar-refractivity contribution in [2.24, 2.45) is 10.9 Å². The number of phenols is 1. The smallest absolute Gasteiger partial charge is 0.350 e. The molecule has 2 N–H and O–H groups in total. The standard InChI is InChI=1S/C12H15NO3/c1-8(2)11(12(15)16)13-7-9-5-3-4-6-10(9)14/h3-6,8,14H,7H2,1-2H3,(H,15,16). The largest absolute Gasteiger partial charge is 0.508 e. The zero-order valence-electron chi connectivity index (χ0n) is 9.34. The lowest BCUT2D eigenvalue weighted by molar-refractivity contribution is -0.129. The second-order valence-electron chi connectivity index (χ2n) is 3.79. The van der Waals surface area contributed by atoms with Crippen molar-refractivity contribution in [1.29, 1.82) is 0 Å². The molecule has 0 aliphatic heterocycles. The minimum absolute atomic E-state index is 0.128. The van der Waals surface area contributed by atoms with Gasteiger partial charge in [-0.15, -0.1) is 0 Å². The molecule has 16 heavy (non-hydrogen) atoms. The highest BCUT2D eigenvalue weighted by Gasteiger charge is 2.13. The molecule has 0 saturated heterocycles. The van der Waals surface area contributed by atoms with Gasteiger partial charge in [-0.25, -0.2) is 4.79 Å². The number of benzene rings is 1. The number of aliphatic imine (C=N–C) groups is 1. The highest BCUT2D eigenvalue weighted by Crippen LogP contribution is 2.16. The van der Waals surface area contributed by atoms with Gasteiger partial charge in [0.1, 0.15) is 11.5 Å². The van der Waals surface area contributed by atoms with Crippen molar-refractivity contribution in [3.63, 3.8) is 0 Å². The van der Waals surface area contributed by atoms with Crippen molar-refractivity contribution in [1.82, 2.24) is 0 Å². The Bertz CT molecular complexity index is 410. The van der Waals surface area contributed by atoms with Crippen LogP contribution in [-0.4, -0.2) is 21.9 Å². The Kier molecular flexibility index (Phi) is 4.05. The molecule has 0 aliphatic rings. The summed E-state index contributed by atoms with van der Waals surface area (Å²) in [5.41, 5.74) is 0.755. The van der Waals surface area contributed by atoms with Crippen LogP contribution in [0.5, 0.6) is 5.75 Å². The average molecular weight is 221 g/mol. The van der Waals surface area contributed by atoms with Gasteiger partial charge in [0.25, 0.3) is 0 Å². The average Bonchev–Trinajstić information content (AvgIpc) is 2.20. The first-order valence-corrected chi connectivity index (χ1v) is 5.07. The van der Waals surface area contributed by atoms with Crippen LogP contribution in [0.25, 0.3) is 0 Å². The van der Waals surface area contributed by atoms with Crippen LogP contribution in [0.2, 0.25) is 0 Å². The summed E-state index contributed by atoms with van der Waals surface area (Å²) in [6, 6.07) is 6.77. The molecular formula is C12H15NO3. The fourth-order valence-electron chi connectivity index (χ4n) is 1.31. The third-order valence-corrected chi connectivity index (χ3v) is 2.18. The van der Waals surface area contributed by atoms with E-state index in [-0.39, 0.29) is 23.9 Å². The van der Waals surface area contributed by atoms with Crippen LogP contribution >= 0.6 is 0 Å². The summed E-state index contributed by atoms with van der Waals surface area (Å²) >= 11 is 0. The number of aliphatic carboxylic acids is 1. The van der Waals surface area contributed by atoms with Crippen LogP contribution in [0.15, 0.2) is 29.3 Å². The van der Waals surface area contributed by atoms with Gasteiger partial charge in [0.05, 0.1) is 6.54 Å². The number of carboxylic acid groups (broad SMARTS) is 1. The van der Waals surface area contributed by atoms with Gasteiger partial charge in [0, 0.05) is 11.5 Å². The van der Waals surface area contributed by atoms with E-state index in [9.17, 15) is 9.90 Å². The molecule has 1 aromatic carbocycles. The third-order valence-electron chi connectivity index (χ3n) is 2.18. The number of carbonyl (C=O) groups is 1. The molecule has 0 aliphatic carbocycles. The van der Waals surface area contributed by atoms with Crippen LogP contribution in [0.3, 0.4) is 0 Å². The van der Waals surface area contributed by atoms with Crippen LogP contribution < -0.4 is 0 Å². The van der Waals surface area contributed by atoms with E-state index in [0.717, 1.165) is 0 Å². The fraction of sp³-hybridized carbons (Fsp3) is 0.333. The lowest BCUT2D eigenvalue weighted by Crippen LogP contribution is -2.19. The zero-order valence-corrected chi connectivity index (χ0v) is 9.34. The van der Waals surface area contributed by atoms with Gasteiger partial charge in [-0.3, -0.25) is 4.99 Å². The predicted molar refractivity (Wildman–Crippen MR) is 61.7 cm³/mol. The number of para-hydroxylation sites is 1. The van der Waals surface area contributed by atoms with Crippen molar-refractivity contribution < 1.29 is 15.0 Å². The molecular weight excluding hydrogens is 206 g/mol. The van der Waals surface area contributed by atoms with Crippen LogP contribution in [-0.2, 0) is 11.3 Å². The number of aromatic hydroxyl groups is 1.